The molecule has 0 aliphatic carbocycles. The molecule has 0 spiro atoms. The van der Waals surface area contributed by atoms with Crippen LogP contribution in [-0.2, 0) is 16.4 Å². The van der Waals surface area contributed by atoms with E-state index in [4.69, 9.17) is 16.3 Å². The Kier molecular flexibility index (Phi) is 4.48. The maximum absolute atomic E-state index is 12.4. The molecule has 1 aromatic carbocycles. The van der Waals surface area contributed by atoms with Crippen molar-refractivity contribution in [1.82, 2.24) is 24.5 Å². The largest absolute Gasteiger partial charge is 0.495 e. The molecule has 3 rings (SSSR count). The molecule has 0 bridgehead atoms. The molecule has 0 atom stereocenters. The van der Waals surface area contributed by atoms with Gasteiger partial charge in [0, 0.05) is 18.0 Å². The molecule has 2 heterocycles. The Balaban J connectivity index is 1.71. The highest BCUT2D eigenvalue weighted by molar-refractivity contribution is 7.89. The van der Waals surface area contributed by atoms with Gasteiger partial charge >= 0.3 is 0 Å². The highest BCUT2D eigenvalue weighted by Crippen LogP contribution is 2.26. The van der Waals surface area contributed by atoms with E-state index in [0.29, 0.717) is 16.4 Å². The van der Waals surface area contributed by atoms with Gasteiger partial charge in [-0.2, -0.15) is 9.61 Å². The lowest BCUT2D eigenvalue weighted by Crippen LogP contribution is -2.26. The third-order valence-electron chi connectivity index (χ3n) is 2.97. The van der Waals surface area contributed by atoms with Crippen LogP contribution >= 0.6 is 22.9 Å². The van der Waals surface area contributed by atoms with Crippen LogP contribution in [0.3, 0.4) is 0 Å². The molecule has 1 N–H and O–H groups in total. The molecule has 3 aromatic rings. The van der Waals surface area contributed by atoms with E-state index < -0.39 is 10.0 Å². The third kappa shape index (κ3) is 3.44. The van der Waals surface area contributed by atoms with Crippen LogP contribution in [0.1, 0.15) is 5.01 Å². The molecule has 0 fully saturated rings. The normalized spacial score (nSPS) is 11.9. The van der Waals surface area contributed by atoms with E-state index in [2.05, 4.69) is 20.0 Å². The van der Waals surface area contributed by atoms with Crippen LogP contribution < -0.4 is 9.46 Å². The maximum Gasteiger partial charge on any atom is 0.244 e. The summed E-state index contributed by atoms with van der Waals surface area (Å²) in [7, 11) is -2.33. The Labute approximate surface area is 141 Å². The van der Waals surface area contributed by atoms with Crippen molar-refractivity contribution in [3.05, 3.63) is 34.6 Å². The average molecular weight is 374 g/mol. The van der Waals surface area contributed by atoms with Crippen molar-refractivity contribution >= 4 is 37.9 Å². The van der Waals surface area contributed by atoms with Gasteiger partial charge in [0.1, 0.15) is 22.0 Å². The lowest BCUT2D eigenvalue weighted by atomic mass is 10.3. The molecule has 0 aliphatic rings. The van der Waals surface area contributed by atoms with Crippen molar-refractivity contribution in [3.63, 3.8) is 0 Å². The summed E-state index contributed by atoms with van der Waals surface area (Å²) in [5, 5.41) is 12.9. The quantitative estimate of drug-likeness (QED) is 0.700. The number of sulfonamides is 1. The smallest absolute Gasteiger partial charge is 0.244 e. The zero-order valence-corrected chi connectivity index (χ0v) is 14.3. The van der Waals surface area contributed by atoms with Crippen molar-refractivity contribution in [2.24, 2.45) is 0 Å². The molecule has 23 heavy (non-hydrogen) atoms. The molecule has 8 nitrogen and oxygen atoms in total. The minimum Gasteiger partial charge on any atom is -0.495 e. The van der Waals surface area contributed by atoms with Crippen LogP contribution in [0.5, 0.6) is 5.75 Å². The summed E-state index contributed by atoms with van der Waals surface area (Å²) in [6.45, 7) is 0.197. The van der Waals surface area contributed by atoms with Crippen molar-refractivity contribution in [2.45, 2.75) is 11.3 Å². The van der Waals surface area contributed by atoms with E-state index in [-0.39, 0.29) is 17.2 Å². The molecular weight excluding hydrogens is 362 g/mol. The van der Waals surface area contributed by atoms with Crippen LogP contribution in [0.25, 0.3) is 4.96 Å². The van der Waals surface area contributed by atoms with Gasteiger partial charge in [0.2, 0.25) is 15.0 Å². The number of fused-ring (bicyclic) bond motifs is 1. The van der Waals surface area contributed by atoms with Gasteiger partial charge in [0.25, 0.3) is 0 Å². The summed E-state index contributed by atoms with van der Waals surface area (Å²) in [5.41, 5.74) is 0. The van der Waals surface area contributed by atoms with Crippen molar-refractivity contribution in [2.75, 3.05) is 13.7 Å². The van der Waals surface area contributed by atoms with Crippen LogP contribution in [0, 0.1) is 0 Å². The van der Waals surface area contributed by atoms with Gasteiger partial charge < -0.3 is 4.74 Å². The minimum absolute atomic E-state index is 0.00522. The topological polar surface area (TPSA) is 98.5 Å². The van der Waals surface area contributed by atoms with E-state index in [0.717, 1.165) is 5.01 Å². The molecule has 0 saturated carbocycles. The fourth-order valence-corrected chi connectivity index (χ4v) is 4.21. The number of rotatable bonds is 6. The summed E-state index contributed by atoms with van der Waals surface area (Å²) in [4.78, 5) is 0.671. The first-order valence-electron chi connectivity index (χ1n) is 6.48. The molecule has 0 radical (unpaired) electrons. The Morgan fingerprint density at radius 2 is 2.26 bits per heavy atom. The third-order valence-corrected chi connectivity index (χ3v) is 5.66. The lowest BCUT2D eigenvalue weighted by molar-refractivity contribution is 0.402. The Morgan fingerprint density at radius 1 is 1.43 bits per heavy atom. The van der Waals surface area contributed by atoms with Crippen LogP contribution in [-0.4, -0.2) is 41.9 Å². The molecule has 122 valence electrons. The number of hydrogen-bond donors (Lipinski definition) is 1. The van der Waals surface area contributed by atoms with Crippen molar-refractivity contribution in [3.8, 4) is 5.75 Å². The van der Waals surface area contributed by atoms with Gasteiger partial charge in [0.15, 0.2) is 0 Å². The van der Waals surface area contributed by atoms with Crippen LogP contribution in [0.15, 0.2) is 29.4 Å². The molecule has 0 saturated heterocycles. The second-order valence-corrected chi connectivity index (χ2v) is 7.71. The van der Waals surface area contributed by atoms with Gasteiger partial charge in [0.05, 0.1) is 7.11 Å². The van der Waals surface area contributed by atoms with Crippen molar-refractivity contribution < 1.29 is 13.2 Å². The number of hydrogen-bond acceptors (Lipinski definition) is 7. The van der Waals surface area contributed by atoms with Gasteiger partial charge in [-0.15, -0.1) is 10.2 Å². The summed E-state index contributed by atoms with van der Waals surface area (Å²) in [6.07, 6.45) is 1.94. The second-order valence-electron chi connectivity index (χ2n) is 4.50. The first-order chi connectivity index (χ1) is 11.0. The number of methoxy groups -OCH3 is 1. The van der Waals surface area contributed by atoms with Crippen molar-refractivity contribution in [1.29, 1.82) is 0 Å². The molecule has 0 amide bonds. The fraction of sp³-hybridized carbons (Fsp3) is 0.250. The SMILES string of the molecule is COc1ccc(Cl)cc1S(=O)(=O)NCCc1nn2cnnc2s1. The Hall–Kier alpha value is -1.75. The number of benzene rings is 1. The van der Waals surface area contributed by atoms with Gasteiger partial charge in [-0.05, 0) is 18.2 Å². The maximum atomic E-state index is 12.4. The first-order valence-corrected chi connectivity index (χ1v) is 9.16. The number of aromatic nitrogens is 4. The monoisotopic (exact) mass is 373 g/mol. The average Bonchev–Trinajstić information content (AvgIpc) is 3.08. The Bertz CT molecular complexity index is 909. The van der Waals surface area contributed by atoms with Gasteiger partial charge in [-0.1, -0.05) is 22.9 Å². The predicted octanol–water partition coefficient (Wildman–Crippen LogP) is 1.37. The zero-order chi connectivity index (χ0) is 16.4. The van der Waals surface area contributed by atoms with Gasteiger partial charge in [-0.25, -0.2) is 13.1 Å². The Morgan fingerprint density at radius 3 is 3.00 bits per heavy atom. The summed E-state index contributed by atoms with van der Waals surface area (Å²) in [6, 6.07) is 4.43. The van der Waals surface area contributed by atoms with E-state index >= 15 is 0 Å². The fourth-order valence-electron chi connectivity index (χ4n) is 1.93. The standard InChI is InChI=1S/C12H12ClN5O3S2/c1-21-9-3-2-8(13)6-10(9)23(19,20)15-5-4-11-17-18-7-14-16-12(18)22-11/h2-3,6-7,15H,4-5H2,1H3. The van der Waals surface area contributed by atoms with Crippen LogP contribution in [0.4, 0.5) is 0 Å². The number of ether oxygens (including phenoxy) is 1. The highest BCUT2D eigenvalue weighted by atomic mass is 35.5. The molecule has 0 aliphatic heterocycles. The number of nitrogens with zero attached hydrogens (tertiary/aromatic N) is 4. The zero-order valence-electron chi connectivity index (χ0n) is 11.9. The predicted molar refractivity (Wildman–Crippen MR) is 85.6 cm³/mol. The number of nitrogens with one attached hydrogen (secondary N) is 1. The van der Waals surface area contributed by atoms with Crippen LogP contribution in [0.2, 0.25) is 5.02 Å². The summed E-state index contributed by atoms with van der Waals surface area (Å²) >= 11 is 7.23. The second kappa shape index (κ2) is 6.40. The van der Waals surface area contributed by atoms with E-state index in [1.54, 1.807) is 10.6 Å². The molecular formula is C12H12ClN5O3S2. The van der Waals surface area contributed by atoms with E-state index in [1.165, 1.54) is 36.9 Å². The molecule has 2 aromatic heterocycles. The molecule has 0 unspecified atom stereocenters. The number of halogens is 1. The highest BCUT2D eigenvalue weighted by Gasteiger charge is 2.20. The van der Waals surface area contributed by atoms with E-state index in [1.807, 2.05) is 0 Å². The minimum atomic E-state index is -3.73. The van der Waals surface area contributed by atoms with Gasteiger partial charge in [-0.3, -0.25) is 0 Å². The van der Waals surface area contributed by atoms with E-state index in [9.17, 15) is 8.42 Å². The summed E-state index contributed by atoms with van der Waals surface area (Å²) in [5.74, 6) is 0.237. The molecule has 11 heteroatoms. The summed E-state index contributed by atoms with van der Waals surface area (Å²) < 4.78 is 33.9. The first kappa shape index (κ1) is 16.1. The lowest BCUT2D eigenvalue weighted by Gasteiger charge is -2.10.